The lowest BCUT2D eigenvalue weighted by Crippen LogP contribution is -2.52. The number of nitrogens with zero attached hydrogens (tertiary/aromatic N) is 2. The summed E-state index contributed by atoms with van der Waals surface area (Å²) >= 11 is 0. The van der Waals surface area contributed by atoms with Gasteiger partial charge in [0.1, 0.15) is 5.82 Å². The summed E-state index contributed by atoms with van der Waals surface area (Å²) < 4.78 is 13.7. The van der Waals surface area contributed by atoms with E-state index in [1.807, 2.05) is 0 Å². The summed E-state index contributed by atoms with van der Waals surface area (Å²) in [5.41, 5.74) is 0.197. The summed E-state index contributed by atoms with van der Waals surface area (Å²) in [7, 11) is 0. The minimum Gasteiger partial charge on any atom is -0.336 e. The standard InChI is InChI=1S/C18H25FN2O/c1-14-5-4-6-15(13-14)20-9-11-21(12-10-20)18(22)16-7-2-3-8-17(16)19/h2-3,7-8,14-15H,4-6,9-13H2,1H3/t14-,15+/m1/s1. The molecule has 1 amide bonds. The molecule has 0 spiro atoms. The molecule has 3 rings (SSSR count). The molecule has 0 radical (unpaired) electrons. The number of rotatable bonds is 2. The average molecular weight is 304 g/mol. The maximum absolute atomic E-state index is 13.7. The van der Waals surface area contributed by atoms with Crippen molar-refractivity contribution in [1.82, 2.24) is 9.80 Å². The highest BCUT2D eigenvalue weighted by molar-refractivity contribution is 5.94. The molecule has 0 unspecified atom stereocenters. The third-order valence-electron chi connectivity index (χ3n) is 5.13. The van der Waals surface area contributed by atoms with Crippen LogP contribution in [-0.2, 0) is 0 Å². The Morgan fingerprint density at radius 1 is 1.14 bits per heavy atom. The second-order valence-corrected chi connectivity index (χ2v) is 6.73. The van der Waals surface area contributed by atoms with Gasteiger partial charge in [0.05, 0.1) is 5.56 Å². The van der Waals surface area contributed by atoms with Gasteiger partial charge in [0.2, 0.25) is 0 Å². The number of hydrogen-bond donors (Lipinski definition) is 0. The van der Waals surface area contributed by atoms with E-state index < -0.39 is 5.82 Å². The van der Waals surface area contributed by atoms with Crippen LogP contribution in [0.25, 0.3) is 0 Å². The van der Waals surface area contributed by atoms with Crippen LogP contribution in [-0.4, -0.2) is 47.9 Å². The number of piperazine rings is 1. The van der Waals surface area contributed by atoms with Crippen molar-refractivity contribution in [3.05, 3.63) is 35.6 Å². The van der Waals surface area contributed by atoms with Gasteiger partial charge < -0.3 is 4.90 Å². The molecule has 1 saturated heterocycles. The largest absolute Gasteiger partial charge is 0.336 e. The molecule has 0 N–H and O–H groups in total. The van der Waals surface area contributed by atoms with Gasteiger partial charge in [-0.2, -0.15) is 0 Å². The Hall–Kier alpha value is -1.42. The number of carbonyl (C=O) groups excluding carboxylic acids is 1. The maximum atomic E-state index is 13.7. The van der Waals surface area contributed by atoms with Crippen LogP contribution in [0.1, 0.15) is 43.0 Å². The molecule has 1 aromatic rings. The summed E-state index contributed by atoms with van der Waals surface area (Å²) in [6.45, 7) is 5.58. The second kappa shape index (κ2) is 6.78. The topological polar surface area (TPSA) is 23.6 Å². The zero-order valence-electron chi connectivity index (χ0n) is 13.3. The second-order valence-electron chi connectivity index (χ2n) is 6.73. The van der Waals surface area contributed by atoms with Crippen LogP contribution >= 0.6 is 0 Å². The number of hydrogen-bond acceptors (Lipinski definition) is 2. The van der Waals surface area contributed by atoms with E-state index in [4.69, 9.17) is 0 Å². The molecule has 3 nitrogen and oxygen atoms in total. The molecule has 2 fully saturated rings. The Kier molecular flexibility index (Phi) is 4.77. The Labute approximate surface area is 132 Å². The molecular formula is C18H25FN2O. The third-order valence-corrected chi connectivity index (χ3v) is 5.13. The summed E-state index contributed by atoms with van der Waals surface area (Å²) in [4.78, 5) is 16.7. The fourth-order valence-corrected chi connectivity index (χ4v) is 3.83. The molecule has 0 aromatic heterocycles. The van der Waals surface area contributed by atoms with Crippen molar-refractivity contribution in [3.8, 4) is 0 Å². The van der Waals surface area contributed by atoms with Crippen molar-refractivity contribution in [1.29, 1.82) is 0 Å². The molecule has 1 saturated carbocycles. The Bertz CT molecular complexity index is 526. The quantitative estimate of drug-likeness (QED) is 0.838. The highest BCUT2D eigenvalue weighted by Gasteiger charge is 2.29. The van der Waals surface area contributed by atoms with E-state index in [1.165, 1.54) is 31.7 Å². The van der Waals surface area contributed by atoms with E-state index in [-0.39, 0.29) is 11.5 Å². The summed E-state index contributed by atoms with van der Waals surface area (Å²) in [5.74, 6) is 0.225. The summed E-state index contributed by atoms with van der Waals surface area (Å²) in [5, 5.41) is 0. The number of halogens is 1. The Balaban J connectivity index is 1.57. The first kappa shape index (κ1) is 15.5. The van der Waals surface area contributed by atoms with E-state index >= 15 is 0 Å². The maximum Gasteiger partial charge on any atom is 0.256 e. The first-order valence-electron chi connectivity index (χ1n) is 8.43. The predicted molar refractivity (Wildman–Crippen MR) is 85.3 cm³/mol. The predicted octanol–water partition coefficient (Wildman–Crippen LogP) is 3.16. The van der Waals surface area contributed by atoms with Crippen LogP contribution in [0.5, 0.6) is 0 Å². The van der Waals surface area contributed by atoms with Crippen LogP contribution < -0.4 is 0 Å². The Morgan fingerprint density at radius 2 is 1.86 bits per heavy atom. The zero-order chi connectivity index (χ0) is 15.5. The van der Waals surface area contributed by atoms with Gasteiger partial charge in [-0.3, -0.25) is 9.69 Å². The SMILES string of the molecule is C[C@@H]1CCC[C@H](N2CCN(C(=O)c3ccccc3F)CC2)C1. The monoisotopic (exact) mass is 304 g/mol. The van der Waals surface area contributed by atoms with Crippen molar-refractivity contribution < 1.29 is 9.18 Å². The molecule has 1 aliphatic heterocycles. The number of benzene rings is 1. The van der Waals surface area contributed by atoms with Gasteiger partial charge in [-0.15, -0.1) is 0 Å². The molecule has 1 heterocycles. The molecule has 1 aliphatic carbocycles. The van der Waals surface area contributed by atoms with Crippen molar-refractivity contribution in [2.45, 2.75) is 38.6 Å². The molecule has 2 aliphatic rings. The molecule has 22 heavy (non-hydrogen) atoms. The molecule has 120 valence electrons. The zero-order valence-corrected chi connectivity index (χ0v) is 13.3. The average Bonchev–Trinajstić information content (AvgIpc) is 2.55. The van der Waals surface area contributed by atoms with Gasteiger partial charge in [0.25, 0.3) is 5.91 Å². The fraction of sp³-hybridized carbons (Fsp3) is 0.611. The van der Waals surface area contributed by atoms with Crippen molar-refractivity contribution in [3.63, 3.8) is 0 Å². The van der Waals surface area contributed by atoms with Crippen molar-refractivity contribution >= 4 is 5.91 Å². The lowest BCUT2D eigenvalue weighted by Gasteiger charge is -2.42. The minimum absolute atomic E-state index is 0.172. The summed E-state index contributed by atoms with van der Waals surface area (Å²) in [6.07, 6.45) is 5.23. The molecular weight excluding hydrogens is 279 g/mol. The first-order chi connectivity index (χ1) is 10.6. The lowest BCUT2D eigenvalue weighted by atomic mass is 9.86. The number of amides is 1. The molecule has 2 atom stereocenters. The molecule has 1 aromatic carbocycles. The van der Waals surface area contributed by atoms with Crippen LogP contribution in [0.4, 0.5) is 4.39 Å². The van der Waals surface area contributed by atoms with E-state index in [0.717, 1.165) is 19.0 Å². The van der Waals surface area contributed by atoms with Crippen molar-refractivity contribution in [2.75, 3.05) is 26.2 Å². The van der Waals surface area contributed by atoms with Crippen LogP contribution in [0, 0.1) is 11.7 Å². The molecule has 4 heteroatoms. The lowest BCUT2D eigenvalue weighted by molar-refractivity contribution is 0.0485. The number of carbonyl (C=O) groups is 1. The van der Waals surface area contributed by atoms with Crippen LogP contribution in [0.3, 0.4) is 0 Å². The van der Waals surface area contributed by atoms with Gasteiger partial charge in [0.15, 0.2) is 0 Å². The Morgan fingerprint density at radius 3 is 2.55 bits per heavy atom. The minimum atomic E-state index is -0.420. The van der Waals surface area contributed by atoms with E-state index in [1.54, 1.807) is 23.1 Å². The van der Waals surface area contributed by atoms with E-state index in [0.29, 0.717) is 19.1 Å². The van der Waals surface area contributed by atoms with E-state index in [9.17, 15) is 9.18 Å². The van der Waals surface area contributed by atoms with Gasteiger partial charge in [0, 0.05) is 32.2 Å². The van der Waals surface area contributed by atoms with Gasteiger partial charge in [-0.25, -0.2) is 4.39 Å². The summed E-state index contributed by atoms with van der Waals surface area (Å²) in [6, 6.07) is 6.94. The van der Waals surface area contributed by atoms with Gasteiger partial charge in [-0.1, -0.05) is 31.9 Å². The van der Waals surface area contributed by atoms with E-state index in [2.05, 4.69) is 11.8 Å². The first-order valence-corrected chi connectivity index (χ1v) is 8.43. The third kappa shape index (κ3) is 3.32. The normalized spacial score (nSPS) is 26.9. The smallest absolute Gasteiger partial charge is 0.256 e. The van der Waals surface area contributed by atoms with Crippen molar-refractivity contribution in [2.24, 2.45) is 5.92 Å². The van der Waals surface area contributed by atoms with Gasteiger partial charge >= 0.3 is 0 Å². The molecule has 0 bridgehead atoms. The fourth-order valence-electron chi connectivity index (χ4n) is 3.83. The van der Waals surface area contributed by atoms with Crippen LogP contribution in [0.2, 0.25) is 0 Å². The van der Waals surface area contributed by atoms with Crippen LogP contribution in [0.15, 0.2) is 24.3 Å². The highest BCUT2D eigenvalue weighted by atomic mass is 19.1. The highest BCUT2D eigenvalue weighted by Crippen LogP contribution is 2.28. The van der Waals surface area contributed by atoms with Gasteiger partial charge in [-0.05, 0) is 30.9 Å².